The maximum absolute atomic E-state index is 12.7. The smallest absolute Gasteiger partial charge is 0.313 e. The van der Waals surface area contributed by atoms with Crippen molar-refractivity contribution in [3.8, 4) is 0 Å². The van der Waals surface area contributed by atoms with Crippen LogP contribution in [-0.4, -0.2) is 41.0 Å². The molecule has 0 saturated carbocycles. The Morgan fingerprint density at radius 3 is 2.03 bits per heavy atom. The molecule has 2 aromatic carbocycles. The molecule has 33 heavy (non-hydrogen) atoms. The fourth-order valence-corrected chi connectivity index (χ4v) is 4.79. The van der Waals surface area contributed by atoms with E-state index in [1.807, 2.05) is 31.2 Å². The normalized spacial score (nSPS) is 22.5. The number of hydrogen-bond donors (Lipinski definition) is 0. The van der Waals surface area contributed by atoms with Gasteiger partial charge in [0.2, 0.25) is 0 Å². The summed E-state index contributed by atoms with van der Waals surface area (Å²) in [5.74, 6) is -4.69. The van der Waals surface area contributed by atoms with Gasteiger partial charge in [0.05, 0.1) is 17.9 Å². The Labute approximate surface area is 201 Å². The van der Waals surface area contributed by atoms with Gasteiger partial charge >= 0.3 is 5.97 Å². The zero-order valence-electron chi connectivity index (χ0n) is 18.3. The maximum Gasteiger partial charge on any atom is 0.313 e. The van der Waals surface area contributed by atoms with Crippen molar-refractivity contribution in [3.63, 3.8) is 0 Å². The topological polar surface area (TPSA) is 110 Å². The van der Waals surface area contributed by atoms with Crippen LogP contribution in [0.25, 0.3) is 0 Å². The molecule has 2 saturated heterocycles. The molecule has 7 nitrogen and oxygen atoms in total. The van der Waals surface area contributed by atoms with Crippen LogP contribution in [0, 0.1) is 0 Å². The highest BCUT2D eigenvalue weighted by atomic mass is 79.9. The predicted octanol–water partition coefficient (Wildman–Crippen LogP) is 1.78. The molecule has 176 valence electrons. The summed E-state index contributed by atoms with van der Waals surface area (Å²) in [5.41, 5.74) is 2.38. The number of esters is 1. The number of carbonyl (C=O) groups excluding carboxylic acids is 3. The van der Waals surface area contributed by atoms with Crippen LogP contribution in [0.4, 0.5) is 0 Å². The van der Waals surface area contributed by atoms with Crippen molar-refractivity contribution >= 4 is 33.8 Å². The van der Waals surface area contributed by atoms with Crippen LogP contribution >= 0.6 is 15.9 Å². The summed E-state index contributed by atoms with van der Waals surface area (Å²) in [6.45, 7) is 2.94. The van der Waals surface area contributed by atoms with E-state index in [-0.39, 0.29) is 18.0 Å². The standard InChI is InChI=1S/C23H26BrNO2.C2H2O4/c1-16(18-7-9-19(24)10-8-18)23(26)27-22-13-20-11-12-21(14-22)25(20)15-17-5-3-2-4-6-17;3-1(4)2(5)6/h2-10,16,20-22H,11-15H2,1H3;(H,3,4)(H,5,6)/p-2. The average Bonchev–Trinajstić information content (AvgIpc) is 3.02. The first-order chi connectivity index (χ1) is 15.7. The molecule has 0 N–H and O–H groups in total. The number of rotatable bonds is 5. The van der Waals surface area contributed by atoms with Gasteiger partial charge in [0.1, 0.15) is 6.10 Å². The van der Waals surface area contributed by atoms with Crippen LogP contribution < -0.4 is 10.2 Å². The third-order valence-electron chi connectivity index (χ3n) is 6.22. The second kappa shape index (κ2) is 11.4. The van der Waals surface area contributed by atoms with E-state index in [2.05, 4.69) is 51.2 Å². The van der Waals surface area contributed by atoms with Crippen molar-refractivity contribution < 1.29 is 29.3 Å². The number of nitrogens with zero attached hydrogens (tertiary/aromatic N) is 1. The summed E-state index contributed by atoms with van der Waals surface area (Å²) in [4.78, 5) is 33.1. The van der Waals surface area contributed by atoms with E-state index in [4.69, 9.17) is 24.5 Å². The zero-order chi connectivity index (χ0) is 24.0. The van der Waals surface area contributed by atoms with E-state index in [0.29, 0.717) is 12.1 Å². The largest absolute Gasteiger partial charge is 0.543 e. The van der Waals surface area contributed by atoms with E-state index in [1.165, 1.54) is 18.4 Å². The Morgan fingerprint density at radius 2 is 1.52 bits per heavy atom. The van der Waals surface area contributed by atoms with Crippen LogP contribution in [0.3, 0.4) is 0 Å². The van der Waals surface area contributed by atoms with Crippen molar-refractivity contribution in [1.29, 1.82) is 0 Å². The Bertz CT molecular complexity index is 939. The molecule has 3 unspecified atom stereocenters. The van der Waals surface area contributed by atoms with Gasteiger partial charge in [-0.2, -0.15) is 0 Å². The molecule has 4 rings (SSSR count). The van der Waals surface area contributed by atoms with Crippen molar-refractivity contribution in [2.45, 2.75) is 63.3 Å². The van der Waals surface area contributed by atoms with E-state index >= 15 is 0 Å². The Balaban J connectivity index is 0.000000454. The van der Waals surface area contributed by atoms with E-state index < -0.39 is 11.9 Å². The lowest BCUT2D eigenvalue weighted by Crippen LogP contribution is -2.45. The quantitative estimate of drug-likeness (QED) is 0.440. The summed E-state index contributed by atoms with van der Waals surface area (Å²) in [5, 5.41) is 17.9. The van der Waals surface area contributed by atoms with Gasteiger partial charge in [-0.25, -0.2) is 0 Å². The number of ether oxygens (including phenoxy) is 1. The van der Waals surface area contributed by atoms with Gasteiger partial charge in [0.25, 0.3) is 0 Å². The molecule has 2 aliphatic heterocycles. The number of piperidine rings is 1. The second-order valence-electron chi connectivity index (χ2n) is 8.42. The monoisotopic (exact) mass is 515 g/mol. The summed E-state index contributed by atoms with van der Waals surface area (Å²) < 4.78 is 6.96. The minimum atomic E-state index is -2.19. The van der Waals surface area contributed by atoms with E-state index in [0.717, 1.165) is 29.4 Å². The molecule has 0 radical (unpaired) electrons. The first kappa shape index (κ1) is 24.9. The Hall–Kier alpha value is -2.71. The van der Waals surface area contributed by atoms with Gasteiger partial charge in [-0.05, 0) is 43.0 Å². The van der Waals surface area contributed by atoms with Crippen molar-refractivity contribution in [2.75, 3.05) is 0 Å². The first-order valence-electron chi connectivity index (χ1n) is 10.9. The van der Waals surface area contributed by atoms with Gasteiger partial charge in [-0.3, -0.25) is 9.69 Å². The lowest BCUT2D eigenvalue weighted by atomic mass is 9.97. The molecular weight excluding hydrogens is 490 g/mol. The fraction of sp³-hybridized carbons (Fsp3) is 0.400. The third kappa shape index (κ3) is 6.88. The van der Waals surface area contributed by atoms with Crippen molar-refractivity contribution in [1.82, 2.24) is 4.90 Å². The molecule has 0 aliphatic carbocycles. The summed E-state index contributed by atoms with van der Waals surface area (Å²) in [6, 6.07) is 19.7. The molecule has 2 aliphatic rings. The minimum Gasteiger partial charge on any atom is -0.543 e. The highest BCUT2D eigenvalue weighted by molar-refractivity contribution is 9.10. The molecule has 0 amide bonds. The van der Waals surface area contributed by atoms with Gasteiger partial charge < -0.3 is 24.5 Å². The molecular formula is C25H26BrNO6-2. The summed E-state index contributed by atoms with van der Waals surface area (Å²) in [7, 11) is 0. The van der Waals surface area contributed by atoms with Gasteiger partial charge in [-0.1, -0.05) is 58.4 Å². The molecule has 2 bridgehead atoms. The van der Waals surface area contributed by atoms with Crippen LogP contribution in [-0.2, 0) is 25.7 Å². The van der Waals surface area contributed by atoms with Crippen LogP contribution in [0.1, 0.15) is 49.7 Å². The summed E-state index contributed by atoms with van der Waals surface area (Å²) in [6.07, 6.45) is 4.41. The van der Waals surface area contributed by atoms with Crippen molar-refractivity contribution in [3.05, 3.63) is 70.2 Å². The van der Waals surface area contributed by atoms with Crippen LogP contribution in [0.15, 0.2) is 59.1 Å². The summed E-state index contributed by atoms with van der Waals surface area (Å²) >= 11 is 3.44. The van der Waals surface area contributed by atoms with Gasteiger partial charge in [-0.15, -0.1) is 0 Å². The molecule has 0 aromatic heterocycles. The lowest BCUT2D eigenvalue weighted by molar-refractivity contribution is -0.345. The van der Waals surface area contributed by atoms with Crippen LogP contribution in [0.5, 0.6) is 0 Å². The van der Waals surface area contributed by atoms with E-state index in [9.17, 15) is 4.79 Å². The number of carboxylic acids is 2. The molecule has 2 fully saturated rings. The number of fused-ring (bicyclic) bond motifs is 2. The zero-order valence-corrected chi connectivity index (χ0v) is 19.9. The SMILES string of the molecule is CC(C(=O)OC1CC2CCC(C1)N2Cc1ccccc1)c1ccc(Br)cc1.O=C([O-])C(=O)[O-]. The minimum absolute atomic E-state index is 0.0555. The van der Waals surface area contributed by atoms with Gasteiger partial charge in [0.15, 0.2) is 0 Å². The number of hydrogen-bond acceptors (Lipinski definition) is 7. The average molecular weight is 516 g/mol. The molecule has 0 spiro atoms. The number of halogens is 1. The number of benzene rings is 2. The number of carboxylic acid groups (broad SMARTS) is 2. The highest BCUT2D eigenvalue weighted by Gasteiger charge is 2.42. The molecule has 8 heteroatoms. The fourth-order valence-electron chi connectivity index (χ4n) is 4.53. The first-order valence-corrected chi connectivity index (χ1v) is 11.7. The molecule has 3 atom stereocenters. The maximum atomic E-state index is 12.7. The lowest BCUT2D eigenvalue weighted by Gasteiger charge is -2.38. The molecule has 2 heterocycles. The third-order valence-corrected chi connectivity index (χ3v) is 6.75. The van der Waals surface area contributed by atoms with Gasteiger partial charge in [0, 0.05) is 35.9 Å². The second-order valence-corrected chi connectivity index (χ2v) is 9.34. The number of carbonyl (C=O) groups is 3. The Kier molecular flexibility index (Phi) is 8.63. The highest BCUT2D eigenvalue weighted by Crippen LogP contribution is 2.38. The number of aliphatic carboxylic acids is 2. The van der Waals surface area contributed by atoms with Crippen molar-refractivity contribution in [2.24, 2.45) is 0 Å². The Morgan fingerprint density at radius 1 is 0.970 bits per heavy atom. The predicted molar refractivity (Wildman–Crippen MR) is 120 cm³/mol. The van der Waals surface area contributed by atoms with Crippen LogP contribution in [0.2, 0.25) is 0 Å². The molecule has 2 aromatic rings. The van der Waals surface area contributed by atoms with E-state index in [1.54, 1.807) is 0 Å².